The predicted octanol–water partition coefficient (Wildman–Crippen LogP) is 6.31. The van der Waals surface area contributed by atoms with Gasteiger partial charge in [-0.3, -0.25) is 0 Å². The molecule has 0 aliphatic rings. The van der Waals surface area contributed by atoms with Crippen LogP contribution in [0.3, 0.4) is 0 Å². The minimum Gasteiger partial charge on any atom is -0.330 e. The van der Waals surface area contributed by atoms with Gasteiger partial charge in [0.25, 0.3) is 0 Å². The van der Waals surface area contributed by atoms with Crippen molar-refractivity contribution in [1.29, 1.82) is 0 Å². The Hall–Kier alpha value is -0.0400. The number of unbranched alkanes of at least 4 members (excludes halogenated alkanes) is 7. The summed E-state index contributed by atoms with van der Waals surface area (Å²) in [6, 6.07) is 0. The summed E-state index contributed by atoms with van der Waals surface area (Å²) in [4.78, 5) is 0. The van der Waals surface area contributed by atoms with Crippen molar-refractivity contribution >= 4 is 0 Å². The summed E-state index contributed by atoms with van der Waals surface area (Å²) in [5, 5.41) is 0. The monoisotopic (exact) mass is 271 g/mol. The van der Waals surface area contributed by atoms with E-state index < -0.39 is 0 Å². The zero-order chi connectivity index (χ0) is 14.8. The maximum atomic E-state index is 5.72. The standard InChI is InChI=1S/C13H29N.C5H12/c1-3-5-6-7-8-9-11-13(12-14)10-4-2;1-3-5-4-2/h13H,3-12,14H2,1-2H3;3-5H2,1-2H3. The fourth-order valence-electron chi connectivity index (χ4n) is 2.36. The van der Waals surface area contributed by atoms with E-state index in [2.05, 4.69) is 27.7 Å². The molecule has 1 atom stereocenters. The summed E-state index contributed by atoms with van der Waals surface area (Å²) in [6.45, 7) is 9.84. The van der Waals surface area contributed by atoms with Gasteiger partial charge in [0.15, 0.2) is 0 Å². The van der Waals surface area contributed by atoms with E-state index in [0.29, 0.717) is 0 Å². The van der Waals surface area contributed by atoms with Gasteiger partial charge < -0.3 is 5.73 Å². The largest absolute Gasteiger partial charge is 0.330 e. The fraction of sp³-hybridized carbons (Fsp3) is 1.00. The normalized spacial score (nSPS) is 11.8. The molecule has 0 rings (SSSR count). The molecule has 0 saturated carbocycles. The van der Waals surface area contributed by atoms with Crippen molar-refractivity contribution < 1.29 is 0 Å². The molecule has 0 heterocycles. The van der Waals surface area contributed by atoms with Crippen LogP contribution in [0.4, 0.5) is 0 Å². The van der Waals surface area contributed by atoms with Crippen LogP contribution in [-0.4, -0.2) is 6.54 Å². The van der Waals surface area contributed by atoms with Gasteiger partial charge in [-0.15, -0.1) is 0 Å². The maximum Gasteiger partial charge on any atom is -0.00489 e. The lowest BCUT2D eigenvalue weighted by Crippen LogP contribution is -2.13. The molecule has 1 nitrogen and oxygen atoms in total. The van der Waals surface area contributed by atoms with Crippen LogP contribution in [0.2, 0.25) is 0 Å². The van der Waals surface area contributed by atoms with E-state index in [1.807, 2.05) is 0 Å². The van der Waals surface area contributed by atoms with E-state index in [4.69, 9.17) is 5.73 Å². The molecular weight excluding hydrogens is 230 g/mol. The molecule has 19 heavy (non-hydrogen) atoms. The summed E-state index contributed by atoms with van der Waals surface area (Å²) in [5.74, 6) is 0.797. The van der Waals surface area contributed by atoms with Gasteiger partial charge in [-0.2, -0.15) is 0 Å². The van der Waals surface area contributed by atoms with Gasteiger partial charge in [0, 0.05) is 0 Å². The molecule has 0 aromatic rings. The zero-order valence-electron chi connectivity index (χ0n) is 14.3. The van der Waals surface area contributed by atoms with Crippen molar-refractivity contribution in [3.63, 3.8) is 0 Å². The summed E-state index contributed by atoms with van der Waals surface area (Å²) in [7, 11) is 0. The van der Waals surface area contributed by atoms with Crippen LogP contribution >= 0.6 is 0 Å². The Kier molecular flexibility index (Phi) is 22.7. The molecule has 0 aliphatic carbocycles. The average molecular weight is 272 g/mol. The van der Waals surface area contributed by atoms with Gasteiger partial charge in [0.2, 0.25) is 0 Å². The van der Waals surface area contributed by atoms with E-state index in [9.17, 15) is 0 Å². The Balaban J connectivity index is 0. The number of hydrogen-bond acceptors (Lipinski definition) is 1. The smallest absolute Gasteiger partial charge is 0.00489 e. The maximum absolute atomic E-state index is 5.72. The highest BCUT2D eigenvalue weighted by molar-refractivity contribution is 4.59. The van der Waals surface area contributed by atoms with Crippen molar-refractivity contribution in [2.75, 3.05) is 6.54 Å². The Morgan fingerprint density at radius 2 is 1.11 bits per heavy atom. The Bertz CT molecular complexity index is 132. The first-order valence-corrected chi connectivity index (χ1v) is 8.96. The van der Waals surface area contributed by atoms with Crippen molar-refractivity contribution in [3.05, 3.63) is 0 Å². The molecular formula is C18H41N. The summed E-state index contributed by atoms with van der Waals surface area (Å²) >= 11 is 0. The summed E-state index contributed by atoms with van der Waals surface area (Å²) in [5.41, 5.74) is 5.72. The quantitative estimate of drug-likeness (QED) is 0.414. The molecule has 0 radical (unpaired) electrons. The van der Waals surface area contributed by atoms with Gasteiger partial charge in [0.05, 0.1) is 0 Å². The van der Waals surface area contributed by atoms with E-state index in [1.165, 1.54) is 77.0 Å². The van der Waals surface area contributed by atoms with Crippen LogP contribution in [-0.2, 0) is 0 Å². The molecule has 0 bridgehead atoms. The van der Waals surface area contributed by atoms with Crippen LogP contribution in [0.25, 0.3) is 0 Å². The molecule has 0 aliphatic heterocycles. The highest BCUT2D eigenvalue weighted by Gasteiger charge is 2.04. The summed E-state index contributed by atoms with van der Waals surface area (Å²) in [6.07, 6.45) is 16.5. The Labute approximate surface area is 123 Å². The number of hydrogen-bond donors (Lipinski definition) is 1. The molecule has 0 aromatic carbocycles. The van der Waals surface area contributed by atoms with Gasteiger partial charge in [-0.1, -0.05) is 91.9 Å². The highest BCUT2D eigenvalue weighted by Crippen LogP contribution is 2.15. The molecule has 0 fully saturated rings. The summed E-state index contributed by atoms with van der Waals surface area (Å²) < 4.78 is 0. The van der Waals surface area contributed by atoms with Gasteiger partial charge in [-0.25, -0.2) is 0 Å². The number of rotatable bonds is 12. The number of nitrogens with two attached hydrogens (primary N) is 1. The van der Waals surface area contributed by atoms with Crippen LogP contribution in [0, 0.1) is 5.92 Å². The average Bonchev–Trinajstić information content (AvgIpc) is 2.43. The predicted molar refractivity (Wildman–Crippen MR) is 90.6 cm³/mol. The molecule has 118 valence electrons. The topological polar surface area (TPSA) is 26.0 Å². The van der Waals surface area contributed by atoms with Crippen molar-refractivity contribution in [3.8, 4) is 0 Å². The first kappa shape index (κ1) is 21.3. The zero-order valence-corrected chi connectivity index (χ0v) is 14.3. The van der Waals surface area contributed by atoms with Crippen LogP contribution in [0.1, 0.15) is 105 Å². The van der Waals surface area contributed by atoms with Gasteiger partial charge in [-0.05, 0) is 25.3 Å². The van der Waals surface area contributed by atoms with Gasteiger partial charge >= 0.3 is 0 Å². The van der Waals surface area contributed by atoms with Gasteiger partial charge in [0.1, 0.15) is 0 Å². The third-order valence-electron chi connectivity index (χ3n) is 3.70. The second-order valence-corrected chi connectivity index (χ2v) is 5.80. The fourth-order valence-corrected chi connectivity index (χ4v) is 2.36. The van der Waals surface area contributed by atoms with Crippen molar-refractivity contribution in [1.82, 2.24) is 0 Å². The molecule has 1 heteroatoms. The van der Waals surface area contributed by atoms with E-state index in [1.54, 1.807) is 0 Å². The van der Waals surface area contributed by atoms with E-state index in [-0.39, 0.29) is 0 Å². The van der Waals surface area contributed by atoms with Crippen molar-refractivity contribution in [2.45, 2.75) is 105 Å². The highest BCUT2D eigenvalue weighted by atomic mass is 14.5. The minimum atomic E-state index is 0.797. The first-order valence-electron chi connectivity index (χ1n) is 8.96. The minimum absolute atomic E-state index is 0.797. The molecule has 0 aromatic heterocycles. The first-order chi connectivity index (χ1) is 9.26. The second-order valence-electron chi connectivity index (χ2n) is 5.80. The molecule has 0 spiro atoms. The van der Waals surface area contributed by atoms with E-state index in [0.717, 1.165) is 12.5 Å². The molecule has 2 N–H and O–H groups in total. The Morgan fingerprint density at radius 1 is 0.579 bits per heavy atom. The lowest BCUT2D eigenvalue weighted by Gasteiger charge is -2.12. The second kappa shape index (κ2) is 20.3. The van der Waals surface area contributed by atoms with Crippen LogP contribution in [0.15, 0.2) is 0 Å². The third kappa shape index (κ3) is 20.4. The Morgan fingerprint density at radius 3 is 1.53 bits per heavy atom. The lowest BCUT2D eigenvalue weighted by molar-refractivity contribution is 0.428. The van der Waals surface area contributed by atoms with Crippen LogP contribution in [0.5, 0.6) is 0 Å². The molecule has 1 unspecified atom stereocenters. The van der Waals surface area contributed by atoms with Crippen molar-refractivity contribution in [2.24, 2.45) is 11.7 Å². The van der Waals surface area contributed by atoms with E-state index >= 15 is 0 Å². The van der Waals surface area contributed by atoms with Crippen LogP contribution < -0.4 is 5.73 Å². The third-order valence-corrected chi connectivity index (χ3v) is 3.70. The molecule has 0 saturated heterocycles. The lowest BCUT2D eigenvalue weighted by atomic mass is 9.96. The SMILES string of the molecule is CCCCC.CCCCCCCCC(CN)CCC. The molecule has 0 amide bonds.